The summed E-state index contributed by atoms with van der Waals surface area (Å²) >= 11 is 12.7. The highest BCUT2D eigenvalue weighted by Crippen LogP contribution is 2.42. The van der Waals surface area contributed by atoms with Gasteiger partial charge in [0.05, 0.1) is 11.4 Å². The number of amidine groups is 1. The molecule has 0 aromatic heterocycles. The summed E-state index contributed by atoms with van der Waals surface area (Å²) in [5.74, 6) is 0. The lowest BCUT2D eigenvalue weighted by Gasteiger charge is -2.32. The Kier molecular flexibility index (Phi) is 4.36. The van der Waals surface area contributed by atoms with Gasteiger partial charge in [-0.3, -0.25) is 0 Å². The molecule has 2 heterocycles. The van der Waals surface area contributed by atoms with Gasteiger partial charge in [0.15, 0.2) is 0 Å². The van der Waals surface area contributed by atoms with Gasteiger partial charge in [0, 0.05) is 29.1 Å². The van der Waals surface area contributed by atoms with E-state index in [2.05, 4.69) is 24.0 Å². The number of hydrogen-bond acceptors (Lipinski definition) is 3. The molecule has 0 radical (unpaired) electrons. The Hall–Kier alpha value is -2.10. The summed E-state index contributed by atoms with van der Waals surface area (Å²) < 4.78 is 0. The van der Waals surface area contributed by atoms with Crippen LogP contribution in [0, 0.1) is 0 Å². The molecule has 0 aliphatic carbocycles. The van der Waals surface area contributed by atoms with E-state index >= 15 is 0 Å². The number of fused-ring (bicyclic) bond motifs is 3. The maximum atomic E-state index is 6.45. The molecule has 0 unspecified atom stereocenters. The second-order valence-corrected chi connectivity index (χ2v) is 6.94. The monoisotopic (exact) mass is 369 g/mol. The van der Waals surface area contributed by atoms with Crippen LogP contribution in [0.15, 0.2) is 64.2 Å². The van der Waals surface area contributed by atoms with Crippen LogP contribution < -0.4 is 0 Å². The van der Waals surface area contributed by atoms with Crippen LogP contribution in [0.2, 0.25) is 5.02 Å². The number of rotatable bonds is 3. The summed E-state index contributed by atoms with van der Waals surface area (Å²) in [6, 6.07) is 16.0. The van der Waals surface area contributed by atoms with E-state index in [0.29, 0.717) is 10.3 Å². The van der Waals surface area contributed by atoms with Crippen LogP contribution in [-0.4, -0.2) is 16.0 Å². The van der Waals surface area contributed by atoms with Crippen molar-refractivity contribution >= 4 is 45.6 Å². The fourth-order valence-electron chi connectivity index (χ4n) is 3.31. The van der Waals surface area contributed by atoms with Crippen molar-refractivity contribution in [2.45, 2.75) is 26.2 Å². The van der Waals surface area contributed by atoms with Crippen molar-refractivity contribution < 1.29 is 0 Å². The molecular formula is C20H17Cl2N3. The molecule has 2 aromatic rings. The first-order valence-corrected chi connectivity index (χ1v) is 9.08. The molecule has 2 aliphatic rings. The molecule has 0 bridgehead atoms. The first-order chi connectivity index (χ1) is 12.2. The zero-order chi connectivity index (χ0) is 17.4. The average molecular weight is 370 g/mol. The standard InChI is InChI=1S/C20H17Cl2N3/c1-2-14-11-16(10-13-6-4-3-5-7-13)24-25-19(14)17-12-15(21)8-9-18(17)23-20(25)22/h3-9,12H,2,10-11H2,1H3. The molecule has 3 nitrogen and oxygen atoms in total. The smallest absolute Gasteiger partial charge is 0.218 e. The predicted molar refractivity (Wildman–Crippen MR) is 106 cm³/mol. The molecular weight excluding hydrogens is 353 g/mol. The third-order valence-corrected chi connectivity index (χ3v) is 4.96. The lowest BCUT2D eigenvalue weighted by Crippen LogP contribution is -2.30. The van der Waals surface area contributed by atoms with Crippen LogP contribution >= 0.6 is 23.2 Å². The summed E-state index contributed by atoms with van der Waals surface area (Å²) in [5.41, 5.74) is 6.50. The molecule has 126 valence electrons. The molecule has 0 N–H and O–H groups in total. The Morgan fingerprint density at radius 2 is 1.88 bits per heavy atom. The lowest BCUT2D eigenvalue weighted by atomic mass is 9.94. The molecule has 4 rings (SSSR count). The van der Waals surface area contributed by atoms with Gasteiger partial charge < -0.3 is 0 Å². The van der Waals surface area contributed by atoms with Gasteiger partial charge in [-0.15, -0.1) is 0 Å². The Labute approximate surface area is 157 Å². The van der Waals surface area contributed by atoms with E-state index in [4.69, 9.17) is 28.3 Å². The molecule has 0 saturated heterocycles. The zero-order valence-corrected chi connectivity index (χ0v) is 15.3. The highest BCUT2D eigenvalue weighted by Gasteiger charge is 2.30. The van der Waals surface area contributed by atoms with E-state index in [9.17, 15) is 0 Å². The van der Waals surface area contributed by atoms with Gasteiger partial charge in [0.1, 0.15) is 0 Å². The summed E-state index contributed by atoms with van der Waals surface area (Å²) in [6.45, 7) is 2.16. The Balaban J connectivity index is 1.77. The number of halogens is 2. The van der Waals surface area contributed by atoms with Crippen molar-refractivity contribution in [1.29, 1.82) is 0 Å². The number of hydrogen-bond donors (Lipinski definition) is 0. The van der Waals surface area contributed by atoms with Gasteiger partial charge in [-0.05, 0) is 47.4 Å². The molecule has 5 heteroatoms. The van der Waals surface area contributed by atoms with Crippen LogP contribution in [0.25, 0.3) is 5.70 Å². The SMILES string of the molecule is CCC1=C2c3cc(Cl)ccc3N=C(Cl)N2N=C(Cc2ccccc2)C1. The quantitative estimate of drug-likeness (QED) is 0.609. The van der Waals surface area contributed by atoms with E-state index in [-0.39, 0.29) is 0 Å². The third kappa shape index (κ3) is 3.10. The molecule has 25 heavy (non-hydrogen) atoms. The molecule has 0 atom stereocenters. The molecule has 0 saturated carbocycles. The second kappa shape index (κ2) is 6.66. The normalized spacial score (nSPS) is 16.2. The first-order valence-electron chi connectivity index (χ1n) is 8.32. The molecule has 0 spiro atoms. The van der Waals surface area contributed by atoms with E-state index in [1.165, 1.54) is 11.1 Å². The second-order valence-electron chi connectivity index (χ2n) is 6.17. The fraction of sp³-hybridized carbons (Fsp3) is 0.200. The van der Waals surface area contributed by atoms with Crippen molar-refractivity contribution in [2.24, 2.45) is 10.1 Å². The van der Waals surface area contributed by atoms with Crippen LogP contribution in [0.1, 0.15) is 30.9 Å². The van der Waals surface area contributed by atoms with Gasteiger partial charge >= 0.3 is 0 Å². The Bertz CT molecular complexity index is 914. The molecule has 2 aromatic carbocycles. The van der Waals surface area contributed by atoms with Crippen molar-refractivity contribution in [3.63, 3.8) is 0 Å². The first kappa shape index (κ1) is 16.4. The zero-order valence-electron chi connectivity index (χ0n) is 13.8. The third-order valence-electron chi connectivity index (χ3n) is 4.48. The van der Waals surface area contributed by atoms with Crippen molar-refractivity contribution in [3.05, 3.63) is 70.3 Å². The maximum Gasteiger partial charge on any atom is 0.224 e. The summed E-state index contributed by atoms with van der Waals surface area (Å²) in [5, 5.41) is 7.62. The van der Waals surface area contributed by atoms with Crippen molar-refractivity contribution in [2.75, 3.05) is 0 Å². The number of hydrazone groups is 1. The molecule has 0 amide bonds. The van der Waals surface area contributed by atoms with Crippen LogP contribution in [-0.2, 0) is 6.42 Å². The van der Waals surface area contributed by atoms with Gasteiger partial charge in [-0.1, -0.05) is 48.9 Å². The highest BCUT2D eigenvalue weighted by molar-refractivity contribution is 6.65. The highest BCUT2D eigenvalue weighted by atomic mass is 35.5. The van der Waals surface area contributed by atoms with Crippen LogP contribution in [0.4, 0.5) is 5.69 Å². The Morgan fingerprint density at radius 3 is 2.64 bits per heavy atom. The predicted octanol–water partition coefficient (Wildman–Crippen LogP) is 6.01. The summed E-state index contributed by atoms with van der Waals surface area (Å²) in [7, 11) is 0. The summed E-state index contributed by atoms with van der Waals surface area (Å²) in [4.78, 5) is 4.49. The van der Waals surface area contributed by atoms with Crippen LogP contribution in [0.3, 0.4) is 0 Å². The minimum atomic E-state index is 0.376. The number of allylic oxidation sites excluding steroid dienone is 1. The maximum absolute atomic E-state index is 6.45. The van der Waals surface area contributed by atoms with E-state index in [1.807, 2.05) is 36.4 Å². The largest absolute Gasteiger partial charge is 0.224 e. The van der Waals surface area contributed by atoms with Crippen molar-refractivity contribution in [3.8, 4) is 0 Å². The molecule has 0 fully saturated rings. The lowest BCUT2D eigenvalue weighted by molar-refractivity contribution is 0.608. The van der Waals surface area contributed by atoms with E-state index < -0.39 is 0 Å². The van der Waals surface area contributed by atoms with E-state index in [0.717, 1.165) is 41.9 Å². The van der Waals surface area contributed by atoms with Gasteiger partial charge in [-0.2, -0.15) is 5.10 Å². The number of aliphatic imine (C=N–C) groups is 1. The Morgan fingerprint density at radius 1 is 1.08 bits per heavy atom. The topological polar surface area (TPSA) is 28.0 Å². The van der Waals surface area contributed by atoms with Gasteiger partial charge in [-0.25, -0.2) is 10.0 Å². The molecule has 2 aliphatic heterocycles. The van der Waals surface area contributed by atoms with Crippen LogP contribution in [0.5, 0.6) is 0 Å². The van der Waals surface area contributed by atoms with Gasteiger partial charge in [0.25, 0.3) is 0 Å². The minimum absolute atomic E-state index is 0.376. The average Bonchev–Trinajstić information content (AvgIpc) is 2.63. The fourth-order valence-corrected chi connectivity index (χ4v) is 3.69. The van der Waals surface area contributed by atoms with Gasteiger partial charge in [0.2, 0.25) is 5.29 Å². The minimum Gasteiger partial charge on any atom is -0.218 e. The number of benzene rings is 2. The summed E-state index contributed by atoms with van der Waals surface area (Å²) in [6.07, 6.45) is 2.57. The number of nitrogens with zero attached hydrogens (tertiary/aromatic N) is 3. The van der Waals surface area contributed by atoms with Crippen molar-refractivity contribution in [1.82, 2.24) is 5.01 Å². The van der Waals surface area contributed by atoms with E-state index in [1.54, 1.807) is 5.01 Å².